The highest BCUT2D eigenvalue weighted by atomic mass is 35.5. The van der Waals surface area contributed by atoms with Crippen molar-refractivity contribution in [2.24, 2.45) is 0 Å². The third-order valence-electron chi connectivity index (χ3n) is 2.15. The zero-order valence-corrected chi connectivity index (χ0v) is 9.35. The summed E-state index contributed by atoms with van der Waals surface area (Å²) in [6.45, 7) is 0. The molecule has 2 N–H and O–H groups in total. The minimum atomic E-state index is 0.646. The van der Waals surface area contributed by atoms with E-state index in [1.807, 2.05) is 42.5 Å². The van der Waals surface area contributed by atoms with Gasteiger partial charge in [-0.25, -0.2) is 0 Å². The highest BCUT2D eigenvalue weighted by Gasteiger charge is 1.96. The van der Waals surface area contributed by atoms with E-state index in [1.165, 1.54) is 0 Å². The van der Waals surface area contributed by atoms with Gasteiger partial charge in [-0.05, 0) is 35.9 Å². The molecule has 0 spiro atoms. The van der Waals surface area contributed by atoms with E-state index < -0.39 is 0 Å². The Morgan fingerprint density at radius 1 is 1.12 bits per heavy atom. The fraction of sp³-hybridized carbons (Fsp3) is 0. The van der Waals surface area contributed by atoms with Gasteiger partial charge in [0, 0.05) is 16.9 Å². The van der Waals surface area contributed by atoms with Crippen molar-refractivity contribution < 1.29 is 0 Å². The Kier molecular flexibility index (Phi) is 3.22. The van der Waals surface area contributed by atoms with Crippen LogP contribution in [0.3, 0.4) is 0 Å². The molecule has 0 aliphatic heterocycles. The first-order valence-electron chi connectivity index (χ1n) is 4.90. The molecule has 1 heterocycles. The van der Waals surface area contributed by atoms with E-state index in [-0.39, 0.29) is 0 Å². The van der Waals surface area contributed by atoms with Gasteiger partial charge in [-0.15, -0.1) is 0 Å². The second kappa shape index (κ2) is 4.81. The average Bonchev–Trinajstić information content (AvgIpc) is 2.29. The molecule has 1 aromatic carbocycles. The Hall–Kier alpha value is -1.80. The van der Waals surface area contributed by atoms with Crippen LogP contribution in [0.5, 0.6) is 0 Å². The monoisotopic (exact) mass is 230 g/mol. The summed E-state index contributed by atoms with van der Waals surface area (Å²) in [6.07, 6.45) is 5.59. The van der Waals surface area contributed by atoms with E-state index in [9.17, 15) is 0 Å². The zero-order valence-electron chi connectivity index (χ0n) is 8.60. The molecule has 3 heteroatoms. The number of anilines is 1. The molecule has 0 saturated carbocycles. The number of rotatable bonds is 2. The van der Waals surface area contributed by atoms with Gasteiger partial charge in [0.2, 0.25) is 0 Å². The first kappa shape index (κ1) is 10.7. The van der Waals surface area contributed by atoms with Crippen molar-refractivity contribution in [3.05, 3.63) is 58.9 Å². The number of nitrogens with two attached hydrogens (primary N) is 1. The maximum atomic E-state index is 6.04. The summed E-state index contributed by atoms with van der Waals surface area (Å²) in [7, 11) is 0. The maximum absolute atomic E-state index is 6.04. The molecular weight excluding hydrogens is 220 g/mol. The lowest BCUT2D eigenvalue weighted by Crippen LogP contribution is -1.85. The molecule has 2 nitrogen and oxygen atoms in total. The van der Waals surface area contributed by atoms with Crippen molar-refractivity contribution in [2.45, 2.75) is 0 Å². The zero-order chi connectivity index (χ0) is 11.4. The quantitative estimate of drug-likeness (QED) is 0.803. The van der Waals surface area contributed by atoms with Gasteiger partial charge >= 0.3 is 0 Å². The predicted octanol–water partition coefficient (Wildman–Crippen LogP) is 3.49. The summed E-state index contributed by atoms with van der Waals surface area (Å²) in [5.41, 5.74) is 8.11. The number of hydrogen-bond acceptors (Lipinski definition) is 2. The van der Waals surface area contributed by atoms with E-state index in [1.54, 1.807) is 12.3 Å². The normalized spacial score (nSPS) is 10.8. The minimum Gasteiger partial charge on any atom is -0.399 e. The van der Waals surface area contributed by atoms with Crippen LogP contribution in [-0.4, -0.2) is 4.98 Å². The number of benzene rings is 1. The largest absolute Gasteiger partial charge is 0.399 e. The predicted molar refractivity (Wildman–Crippen MR) is 69.0 cm³/mol. The highest BCUT2D eigenvalue weighted by Crippen LogP contribution is 2.20. The van der Waals surface area contributed by atoms with E-state index >= 15 is 0 Å². The summed E-state index contributed by atoms with van der Waals surface area (Å²) in [5.74, 6) is 0. The van der Waals surface area contributed by atoms with Crippen LogP contribution in [0.2, 0.25) is 5.02 Å². The van der Waals surface area contributed by atoms with Crippen molar-refractivity contribution in [2.75, 3.05) is 5.73 Å². The average molecular weight is 231 g/mol. The van der Waals surface area contributed by atoms with E-state index in [4.69, 9.17) is 17.3 Å². The van der Waals surface area contributed by atoms with Crippen molar-refractivity contribution >= 4 is 29.4 Å². The first-order chi connectivity index (χ1) is 7.75. The Labute approximate surface area is 99.4 Å². The second-order valence-electron chi connectivity index (χ2n) is 3.37. The van der Waals surface area contributed by atoms with Gasteiger partial charge in [0.25, 0.3) is 0 Å². The van der Waals surface area contributed by atoms with Gasteiger partial charge < -0.3 is 5.73 Å². The van der Waals surface area contributed by atoms with Gasteiger partial charge in [0.1, 0.15) is 0 Å². The summed E-state index contributed by atoms with van der Waals surface area (Å²) in [6, 6.07) is 11.2. The third-order valence-corrected chi connectivity index (χ3v) is 2.47. The van der Waals surface area contributed by atoms with Gasteiger partial charge in [-0.3, -0.25) is 4.98 Å². The molecule has 0 aliphatic carbocycles. The molecule has 1 aromatic heterocycles. The lowest BCUT2D eigenvalue weighted by molar-refractivity contribution is 1.30. The second-order valence-corrected chi connectivity index (χ2v) is 3.78. The number of pyridine rings is 1. The SMILES string of the molecule is Nc1ccc(/C=C\c2ccccn2)c(Cl)c1. The Balaban J connectivity index is 2.24. The molecule has 0 unspecified atom stereocenters. The number of nitrogen functional groups attached to an aromatic ring is 1. The van der Waals surface area contributed by atoms with Crippen LogP contribution in [0.25, 0.3) is 12.2 Å². The van der Waals surface area contributed by atoms with Crippen LogP contribution >= 0.6 is 11.6 Å². The maximum Gasteiger partial charge on any atom is 0.0629 e. The summed E-state index contributed by atoms with van der Waals surface area (Å²) < 4.78 is 0. The molecule has 0 fully saturated rings. The van der Waals surface area contributed by atoms with Crippen LogP contribution in [0.1, 0.15) is 11.3 Å². The minimum absolute atomic E-state index is 0.646. The number of hydrogen-bond donors (Lipinski definition) is 1. The fourth-order valence-corrected chi connectivity index (χ4v) is 1.58. The van der Waals surface area contributed by atoms with Gasteiger partial charge in [0.05, 0.1) is 5.69 Å². The van der Waals surface area contributed by atoms with Crippen LogP contribution in [0, 0.1) is 0 Å². The van der Waals surface area contributed by atoms with Crippen molar-refractivity contribution in [1.82, 2.24) is 4.98 Å². The molecule has 0 aliphatic rings. The summed E-state index contributed by atoms with van der Waals surface area (Å²) in [5, 5.41) is 0.646. The van der Waals surface area contributed by atoms with Crippen molar-refractivity contribution in [3.63, 3.8) is 0 Å². The van der Waals surface area contributed by atoms with Gasteiger partial charge in [-0.1, -0.05) is 29.8 Å². The lowest BCUT2D eigenvalue weighted by Gasteiger charge is -1.99. The van der Waals surface area contributed by atoms with Crippen LogP contribution in [0.15, 0.2) is 42.6 Å². The topological polar surface area (TPSA) is 38.9 Å². The highest BCUT2D eigenvalue weighted by molar-refractivity contribution is 6.32. The molecule has 2 rings (SSSR count). The molecule has 16 heavy (non-hydrogen) atoms. The molecule has 0 atom stereocenters. The van der Waals surface area contributed by atoms with Crippen LogP contribution in [-0.2, 0) is 0 Å². The van der Waals surface area contributed by atoms with E-state index in [2.05, 4.69) is 4.98 Å². The first-order valence-corrected chi connectivity index (χ1v) is 5.27. The van der Waals surface area contributed by atoms with E-state index in [0.29, 0.717) is 10.7 Å². The van der Waals surface area contributed by atoms with Crippen LogP contribution < -0.4 is 5.73 Å². The van der Waals surface area contributed by atoms with Gasteiger partial charge in [-0.2, -0.15) is 0 Å². The number of halogens is 1. The molecule has 0 bridgehead atoms. The van der Waals surface area contributed by atoms with Crippen molar-refractivity contribution in [1.29, 1.82) is 0 Å². The Bertz CT molecular complexity index is 507. The summed E-state index contributed by atoms with van der Waals surface area (Å²) >= 11 is 6.04. The molecule has 80 valence electrons. The molecule has 2 aromatic rings. The molecule has 0 amide bonds. The Morgan fingerprint density at radius 3 is 2.69 bits per heavy atom. The van der Waals surface area contributed by atoms with Crippen molar-refractivity contribution in [3.8, 4) is 0 Å². The number of nitrogens with zero attached hydrogens (tertiary/aromatic N) is 1. The lowest BCUT2D eigenvalue weighted by atomic mass is 10.2. The summed E-state index contributed by atoms with van der Waals surface area (Å²) in [4.78, 5) is 4.19. The van der Waals surface area contributed by atoms with E-state index in [0.717, 1.165) is 11.3 Å². The smallest absolute Gasteiger partial charge is 0.0629 e. The Morgan fingerprint density at radius 2 is 2.00 bits per heavy atom. The van der Waals surface area contributed by atoms with Gasteiger partial charge in [0.15, 0.2) is 0 Å². The fourth-order valence-electron chi connectivity index (χ4n) is 1.33. The standard InChI is InChI=1S/C13H11ClN2/c14-13-9-11(15)6-4-10(13)5-7-12-3-1-2-8-16-12/h1-9H,15H2/b7-5-. The third kappa shape index (κ3) is 2.61. The molecular formula is C13H11ClN2. The molecule has 0 radical (unpaired) electrons. The van der Waals surface area contributed by atoms with Crippen LogP contribution in [0.4, 0.5) is 5.69 Å². The molecule has 0 saturated heterocycles. The number of aromatic nitrogens is 1.